The molecule has 0 aliphatic heterocycles. The molecule has 1 heterocycles. The number of pyridine rings is 1. The topological polar surface area (TPSA) is 39.9 Å². The normalized spacial score (nSPS) is 13.4. The lowest BCUT2D eigenvalue weighted by atomic mass is 10.1. The number of nitrogens with zero attached hydrogens (tertiary/aromatic N) is 3. The predicted molar refractivity (Wildman–Crippen MR) is 60.5 cm³/mol. The SMILES string of the molecule is Cc1cccc(CN(C)CC(C#N)C(F)(F)F)n1. The zero-order valence-corrected chi connectivity index (χ0v) is 10.2. The smallest absolute Gasteiger partial charge is 0.299 e. The average Bonchev–Trinajstić information content (AvgIpc) is 2.24. The van der Waals surface area contributed by atoms with E-state index in [2.05, 4.69) is 4.98 Å². The van der Waals surface area contributed by atoms with Gasteiger partial charge in [-0.2, -0.15) is 18.4 Å². The largest absolute Gasteiger partial charge is 0.405 e. The maximum absolute atomic E-state index is 12.4. The molecule has 0 N–H and O–H groups in total. The number of hydrogen-bond acceptors (Lipinski definition) is 3. The van der Waals surface area contributed by atoms with E-state index in [4.69, 9.17) is 5.26 Å². The molecule has 1 unspecified atom stereocenters. The molecule has 1 aromatic rings. The molecule has 0 aliphatic rings. The van der Waals surface area contributed by atoms with Crippen molar-refractivity contribution < 1.29 is 13.2 Å². The Morgan fingerprint density at radius 1 is 1.44 bits per heavy atom. The third kappa shape index (κ3) is 4.34. The van der Waals surface area contributed by atoms with Crippen LogP contribution in [0.5, 0.6) is 0 Å². The van der Waals surface area contributed by atoms with E-state index in [0.29, 0.717) is 5.69 Å². The minimum Gasteiger partial charge on any atom is -0.299 e. The molecule has 1 atom stereocenters. The average molecular weight is 257 g/mol. The Bertz CT molecular complexity index is 437. The Labute approximate surface area is 104 Å². The van der Waals surface area contributed by atoms with Gasteiger partial charge < -0.3 is 0 Å². The second kappa shape index (κ2) is 5.83. The van der Waals surface area contributed by atoms with Crippen LogP contribution in [0.3, 0.4) is 0 Å². The Hall–Kier alpha value is -1.61. The van der Waals surface area contributed by atoms with Crippen molar-refractivity contribution in [1.82, 2.24) is 9.88 Å². The van der Waals surface area contributed by atoms with Crippen LogP contribution in [0, 0.1) is 24.2 Å². The van der Waals surface area contributed by atoms with Gasteiger partial charge in [0.25, 0.3) is 0 Å². The monoisotopic (exact) mass is 257 g/mol. The van der Waals surface area contributed by atoms with Gasteiger partial charge in [0.15, 0.2) is 5.92 Å². The van der Waals surface area contributed by atoms with Gasteiger partial charge in [0.05, 0.1) is 11.8 Å². The summed E-state index contributed by atoms with van der Waals surface area (Å²) in [6.07, 6.45) is -4.48. The molecule has 1 aromatic heterocycles. The summed E-state index contributed by atoms with van der Waals surface area (Å²) >= 11 is 0. The van der Waals surface area contributed by atoms with Crippen molar-refractivity contribution in [3.63, 3.8) is 0 Å². The van der Waals surface area contributed by atoms with E-state index in [1.807, 2.05) is 13.0 Å². The van der Waals surface area contributed by atoms with Crippen LogP contribution in [0.4, 0.5) is 13.2 Å². The second-order valence-electron chi connectivity index (χ2n) is 4.19. The van der Waals surface area contributed by atoms with Gasteiger partial charge in [-0.3, -0.25) is 9.88 Å². The first-order valence-corrected chi connectivity index (χ1v) is 5.40. The minimum absolute atomic E-state index is 0.288. The number of rotatable bonds is 4. The molecule has 0 spiro atoms. The molecule has 18 heavy (non-hydrogen) atoms. The summed E-state index contributed by atoms with van der Waals surface area (Å²) in [6, 6.07) is 6.65. The fraction of sp³-hybridized carbons (Fsp3) is 0.500. The highest BCUT2D eigenvalue weighted by Gasteiger charge is 2.40. The number of aromatic nitrogens is 1. The molecule has 98 valence electrons. The molecular formula is C12H14F3N3. The van der Waals surface area contributed by atoms with Crippen molar-refractivity contribution in [2.24, 2.45) is 5.92 Å². The lowest BCUT2D eigenvalue weighted by Crippen LogP contribution is -2.33. The van der Waals surface area contributed by atoms with Gasteiger partial charge in [-0.1, -0.05) is 6.07 Å². The molecule has 0 fully saturated rings. The zero-order chi connectivity index (χ0) is 13.8. The fourth-order valence-corrected chi connectivity index (χ4v) is 1.56. The molecule has 0 saturated heterocycles. The van der Waals surface area contributed by atoms with Crippen molar-refractivity contribution in [3.8, 4) is 6.07 Å². The molecule has 6 heteroatoms. The van der Waals surface area contributed by atoms with Gasteiger partial charge in [-0.05, 0) is 26.1 Å². The van der Waals surface area contributed by atoms with Crippen molar-refractivity contribution in [3.05, 3.63) is 29.6 Å². The molecular weight excluding hydrogens is 243 g/mol. The standard InChI is InChI=1S/C12H14F3N3/c1-9-4-3-5-11(17-9)8-18(2)7-10(6-16)12(13,14)15/h3-5,10H,7-8H2,1-2H3. The first-order valence-electron chi connectivity index (χ1n) is 5.40. The lowest BCUT2D eigenvalue weighted by molar-refractivity contribution is -0.162. The Morgan fingerprint density at radius 2 is 2.11 bits per heavy atom. The first-order chi connectivity index (χ1) is 8.32. The molecule has 0 saturated carbocycles. The van der Waals surface area contributed by atoms with Gasteiger partial charge in [0.1, 0.15) is 0 Å². The van der Waals surface area contributed by atoms with Crippen molar-refractivity contribution in [1.29, 1.82) is 5.26 Å². The van der Waals surface area contributed by atoms with Crippen LogP contribution in [0.1, 0.15) is 11.4 Å². The molecule has 0 amide bonds. The number of nitriles is 1. The number of halogens is 3. The van der Waals surface area contributed by atoms with E-state index < -0.39 is 12.1 Å². The van der Waals surface area contributed by atoms with Gasteiger partial charge in [-0.25, -0.2) is 0 Å². The van der Waals surface area contributed by atoms with Crippen LogP contribution < -0.4 is 0 Å². The van der Waals surface area contributed by atoms with E-state index in [9.17, 15) is 13.2 Å². The van der Waals surface area contributed by atoms with Crippen molar-refractivity contribution >= 4 is 0 Å². The van der Waals surface area contributed by atoms with Crippen molar-refractivity contribution in [2.45, 2.75) is 19.6 Å². The second-order valence-corrected chi connectivity index (χ2v) is 4.19. The van der Waals surface area contributed by atoms with Gasteiger partial charge >= 0.3 is 6.18 Å². The van der Waals surface area contributed by atoms with Crippen LogP contribution in [0.2, 0.25) is 0 Å². The van der Waals surface area contributed by atoms with Crippen LogP contribution in [-0.2, 0) is 6.54 Å². The third-order valence-electron chi connectivity index (χ3n) is 2.42. The maximum Gasteiger partial charge on any atom is 0.405 e. The molecule has 0 bridgehead atoms. The summed E-state index contributed by atoms with van der Waals surface area (Å²) in [5, 5.41) is 8.51. The van der Waals surface area contributed by atoms with Crippen LogP contribution in [0.15, 0.2) is 18.2 Å². The number of aryl methyl sites for hydroxylation is 1. The van der Waals surface area contributed by atoms with Crippen LogP contribution in [-0.4, -0.2) is 29.7 Å². The van der Waals surface area contributed by atoms with Gasteiger partial charge in [0.2, 0.25) is 0 Å². The highest BCUT2D eigenvalue weighted by Crippen LogP contribution is 2.26. The molecule has 0 aliphatic carbocycles. The number of hydrogen-bond donors (Lipinski definition) is 0. The highest BCUT2D eigenvalue weighted by molar-refractivity contribution is 5.09. The van der Waals surface area contributed by atoms with Crippen molar-refractivity contribution in [2.75, 3.05) is 13.6 Å². The van der Waals surface area contributed by atoms with E-state index in [-0.39, 0.29) is 13.1 Å². The zero-order valence-electron chi connectivity index (χ0n) is 10.2. The Morgan fingerprint density at radius 3 is 2.61 bits per heavy atom. The third-order valence-corrected chi connectivity index (χ3v) is 2.42. The Balaban J connectivity index is 2.62. The molecule has 0 aromatic carbocycles. The molecule has 1 rings (SSSR count). The van der Waals surface area contributed by atoms with E-state index in [1.165, 1.54) is 11.0 Å². The van der Waals surface area contributed by atoms with E-state index in [1.54, 1.807) is 19.2 Å². The summed E-state index contributed by atoms with van der Waals surface area (Å²) in [6.45, 7) is 1.75. The predicted octanol–water partition coefficient (Wildman–Crippen LogP) is 2.52. The van der Waals surface area contributed by atoms with Gasteiger partial charge in [0, 0.05) is 18.8 Å². The van der Waals surface area contributed by atoms with E-state index >= 15 is 0 Å². The summed E-state index contributed by atoms with van der Waals surface area (Å²) in [7, 11) is 1.54. The van der Waals surface area contributed by atoms with Gasteiger partial charge in [-0.15, -0.1) is 0 Å². The van der Waals surface area contributed by atoms with Crippen LogP contribution >= 0.6 is 0 Å². The van der Waals surface area contributed by atoms with E-state index in [0.717, 1.165) is 5.69 Å². The lowest BCUT2D eigenvalue weighted by Gasteiger charge is -2.21. The summed E-state index contributed by atoms with van der Waals surface area (Å²) in [4.78, 5) is 5.65. The number of alkyl halides is 3. The Kier molecular flexibility index (Phi) is 4.68. The minimum atomic E-state index is -4.48. The quantitative estimate of drug-likeness (QED) is 0.832. The summed E-state index contributed by atoms with van der Waals surface area (Å²) < 4.78 is 37.3. The maximum atomic E-state index is 12.4. The molecule has 3 nitrogen and oxygen atoms in total. The fourth-order valence-electron chi connectivity index (χ4n) is 1.56. The first kappa shape index (κ1) is 14.5. The molecule has 0 radical (unpaired) electrons. The summed E-state index contributed by atoms with van der Waals surface area (Å²) in [5.41, 5.74) is 1.50. The highest BCUT2D eigenvalue weighted by atomic mass is 19.4. The van der Waals surface area contributed by atoms with Crippen LogP contribution in [0.25, 0.3) is 0 Å². The summed E-state index contributed by atoms with van der Waals surface area (Å²) in [5.74, 6) is -1.97.